The van der Waals surface area contributed by atoms with Crippen molar-refractivity contribution in [2.24, 2.45) is 5.73 Å². The second-order valence-electron chi connectivity index (χ2n) is 4.23. The highest BCUT2D eigenvalue weighted by Crippen LogP contribution is 2.28. The van der Waals surface area contributed by atoms with Crippen molar-refractivity contribution >= 4 is 10.9 Å². The molecule has 2 rings (SSSR count). The Hall–Kier alpha value is -1.28. The number of aromatic nitrogens is 1. The number of hydrogen-bond donors (Lipinski definition) is 2. The number of rotatable bonds is 2. The molecule has 0 saturated carbocycles. The number of benzene rings is 1. The number of aromatic amines is 1. The minimum absolute atomic E-state index is 0.139. The zero-order valence-electron chi connectivity index (χ0n) is 9.59. The Morgan fingerprint density at radius 2 is 2.07 bits per heavy atom. The van der Waals surface area contributed by atoms with Crippen molar-refractivity contribution in [2.45, 2.75) is 33.2 Å². The van der Waals surface area contributed by atoms with Crippen molar-refractivity contribution in [3.63, 3.8) is 0 Å². The average Bonchev–Trinajstić information content (AvgIpc) is 2.52. The van der Waals surface area contributed by atoms with Crippen LogP contribution in [0.2, 0.25) is 0 Å². The fourth-order valence-corrected chi connectivity index (χ4v) is 2.14. The molecule has 0 fully saturated rings. The van der Waals surface area contributed by atoms with E-state index in [4.69, 9.17) is 5.73 Å². The number of hydrogen-bond acceptors (Lipinski definition) is 1. The maximum absolute atomic E-state index is 6.14. The first kappa shape index (κ1) is 10.2. The highest BCUT2D eigenvalue weighted by atomic mass is 14.7. The molecule has 2 aromatic rings. The quantitative estimate of drug-likeness (QED) is 0.771. The Morgan fingerprint density at radius 3 is 2.73 bits per heavy atom. The summed E-state index contributed by atoms with van der Waals surface area (Å²) in [5, 5.41) is 1.28. The summed E-state index contributed by atoms with van der Waals surface area (Å²) in [4.78, 5) is 3.39. The van der Waals surface area contributed by atoms with Crippen LogP contribution < -0.4 is 5.73 Å². The highest BCUT2D eigenvalue weighted by Gasteiger charge is 2.13. The molecule has 0 radical (unpaired) electrons. The molecular formula is C13H18N2. The molecule has 0 aliphatic carbocycles. The minimum atomic E-state index is 0.139. The Bertz CT molecular complexity index is 482. The zero-order chi connectivity index (χ0) is 11.0. The molecule has 0 aliphatic rings. The van der Waals surface area contributed by atoms with Crippen LogP contribution in [0, 0.1) is 13.8 Å². The largest absolute Gasteiger partial charge is 0.358 e. The SMILES string of the molecule is CCC(N)c1c(C)[nH]c2ccc(C)cc12. The maximum atomic E-state index is 6.14. The van der Waals surface area contributed by atoms with Crippen molar-refractivity contribution < 1.29 is 0 Å². The van der Waals surface area contributed by atoms with Crippen molar-refractivity contribution in [1.29, 1.82) is 0 Å². The van der Waals surface area contributed by atoms with E-state index < -0.39 is 0 Å². The molecule has 1 aromatic heterocycles. The van der Waals surface area contributed by atoms with Crippen molar-refractivity contribution in [1.82, 2.24) is 4.98 Å². The molecule has 15 heavy (non-hydrogen) atoms. The van der Waals surface area contributed by atoms with Gasteiger partial charge in [-0.2, -0.15) is 0 Å². The summed E-state index contributed by atoms with van der Waals surface area (Å²) in [6, 6.07) is 6.60. The average molecular weight is 202 g/mol. The summed E-state index contributed by atoms with van der Waals surface area (Å²) in [6.45, 7) is 6.34. The van der Waals surface area contributed by atoms with Gasteiger partial charge in [-0.3, -0.25) is 0 Å². The second-order valence-corrected chi connectivity index (χ2v) is 4.23. The Kier molecular flexibility index (Phi) is 2.53. The van der Waals surface area contributed by atoms with E-state index in [0.29, 0.717) is 0 Å². The van der Waals surface area contributed by atoms with Crippen LogP contribution in [0.3, 0.4) is 0 Å². The topological polar surface area (TPSA) is 41.8 Å². The summed E-state index contributed by atoms with van der Waals surface area (Å²) >= 11 is 0. The van der Waals surface area contributed by atoms with Crippen LogP contribution >= 0.6 is 0 Å². The Labute approximate surface area is 90.5 Å². The monoisotopic (exact) mass is 202 g/mol. The molecule has 2 heteroatoms. The van der Waals surface area contributed by atoms with Gasteiger partial charge in [0.05, 0.1) is 0 Å². The van der Waals surface area contributed by atoms with Crippen molar-refractivity contribution in [3.05, 3.63) is 35.0 Å². The van der Waals surface area contributed by atoms with Gasteiger partial charge < -0.3 is 10.7 Å². The van der Waals surface area contributed by atoms with Gasteiger partial charge in [0, 0.05) is 22.6 Å². The molecule has 1 atom stereocenters. The van der Waals surface area contributed by atoms with Gasteiger partial charge >= 0.3 is 0 Å². The van der Waals surface area contributed by atoms with Crippen LogP contribution in [0.15, 0.2) is 18.2 Å². The van der Waals surface area contributed by atoms with Gasteiger partial charge in [0.1, 0.15) is 0 Å². The lowest BCUT2D eigenvalue weighted by molar-refractivity contribution is 0.699. The van der Waals surface area contributed by atoms with Gasteiger partial charge in [-0.15, -0.1) is 0 Å². The van der Waals surface area contributed by atoms with Crippen LogP contribution in [0.1, 0.15) is 36.2 Å². The van der Waals surface area contributed by atoms with Crippen LogP contribution in [-0.2, 0) is 0 Å². The summed E-state index contributed by atoms with van der Waals surface area (Å²) in [6.07, 6.45) is 0.974. The third-order valence-electron chi connectivity index (χ3n) is 3.00. The first-order valence-electron chi connectivity index (χ1n) is 5.48. The second kappa shape index (κ2) is 3.70. The van der Waals surface area contributed by atoms with Crippen LogP contribution in [0.5, 0.6) is 0 Å². The van der Waals surface area contributed by atoms with E-state index in [9.17, 15) is 0 Å². The van der Waals surface area contributed by atoms with E-state index in [1.807, 2.05) is 0 Å². The number of fused-ring (bicyclic) bond motifs is 1. The predicted molar refractivity (Wildman–Crippen MR) is 65.0 cm³/mol. The molecule has 0 spiro atoms. The van der Waals surface area contributed by atoms with E-state index in [1.165, 1.54) is 27.7 Å². The summed E-state index contributed by atoms with van der Waals surface area (Å²) in [5.41, 5.74) is 11.1. The molecule has 3 N–H and O–H groups in total. The van der Waals surface area contributed by atoms with Gasteiger partial charge in [0.15, 0.2) is 0 Å². The predicted octanol–water partition coefficient (Wildman–Crippen LogP) is 3.19. The summed E-state index contributed by atoms with van der Waals surface area (Å²) < 4.78 is 0. The Morgan fingerprint density at radius 1 is 1.33 bits per heavy atom. The fourth-order valence-electron chi connectivity index (χ4n) is 2.14. The minimum Gasteiger partial charge on any atom is -0.358 e. The Balaban J connectivity index is 2.70. The van der Waals surface area contributed by atoms with Gasteiger partial charge in [-0.05, 0) is 38.0 Å². The summed E-state index contributed by atoms with van der Waals surface area (Å²) in [5.74, 6) is 0. The standard InChI is InChI=1S/C13H18N2/c1-4-11(14)13-9(3)15-12-6-5-8(2)7-10(12)13/h5-7,11,15H,4,14H2,1-3H3. The number of H-pyrrole nitrogens is 1. The van der Waals surface area contributed by atoms with Crippen LogP contribution in [0.4, 0.5) is 0 Å². The molecule has 2 nitrogen and oxygen atoms in total. The molecule has 0 saturated heterocycles. The molecule has 80 valence electrons. The molecule has 0 aliphatic heterocycles. The smallest absolute Gasteiger partial charge is 0.0459 e. The van der Waals surface area contributed by atoms with E-state index in [0.717, 1.165) is 6.42 Å². The lowest BCUT2D eigenvalue weighted by Crippen LogP contribution is -2.09. The molecular weight excluding hydrogens is 184 g/mol. The van der Waals surface area contributed by atoms with Gasteiger partial charge in [-0.1, -0.05) is 18.6 Å². The van der Waals surface area contributed by atoms with Gasteiger partial charge in [0.25, 0.3) is 0 Å². The summed E-state index contributed by atoms with van der Waals surface area (Å²) in [7, 11) is 0. The zero-order valence-corrected chi connectivity index (χ0v) is 9.59. The number of nitrogens with two attached hydrogens (primary N) is 1. The normalized spacial score (nSPS) is 13.3. The van der Waals surface area contributed by atoms with Gasteiger partial charge in [-0.25, -0.2) is 0 Å². The van der Waals surface area contributed by atoms with Crippen LogP contribution in [0.25, 0.3) is 10.9 Å². The third-order valence-corrected chi connectivity index (χ3v) is 3.00. The number of aryl methyl sites for hydroxylation is 2. The van der Waals surface area contributed by atoms with Crippen LogP contribution in [-0.4, -0.2) is 4.98 Å². The van der Waals surface area contributed by atoms with E-state index in [2.05, 4.69) is 44.0 Å². The van der Waals surface area contributed by atoms with E-state index >= 15 is 0 Å². The van der Waals surface area contributed by atoms with E-state index in [-0.39, 0.29) is 6.04 Å². The maximum Gasteiger partial charge on any atom is 0.0459 e. The first-order chi connectivity index (χ1) is 7.13. The lowest BCUT2D eigenvalue weighted by atomic mass is 10.0. The van der Waals surface area contributed by atoms with Crippen molar-refractivity contribution in [2.75, 3.05) is 0 Å². The van der Waals surface area contributed by atoms with E-state index in [1.54, 1.807) is 0 Å². The molecule has 1 unspecified atom stereocenters. The lowest BCUT2D eigenvalue weighted by Gasteiger charge is -2.09. The molecule has 0 bridgehead atoms. The van der Waals surface area contributed by atoms with Crippen molar-refractivity contribution in [3.8, 4) is 0 Å². The number of nitrogens with one attached hydrogen (secondary N) is 1. The van der Waals surface area contributed by atoms with Gasteiger partial charge in [0.2, 0.25) is 0 Å². The molecule has 1 heterocycles. The highest BCUT2D eigenvalue weighted by molar-refractivity contribution is 5.85. The fraction of sp³-hybridized carbons (Fsp3) is 0.385. The molecule has 1 aromatic carbocycles. The molecule has 0 amide bonds. The third kappa shape index (κ3) is 1.65. The first-order valence-corrected chi connectivity index (χ1v) is 5.48.